The van der Waals surface area contributed by atoms with E-state index in [0.717, 1.165) is 55.7 Å². The van der Waals surface area contributed by atoms with Crippen LogP contribution in [0.25, 0.3) is 0 Å². The molecule has 1 fully saturated rings. The van der Waals surface area contributed by atoms with Crippen LogP contribution in [-0.4, -0.2) is 50.8 Å². The van der Waals surface area contributed by atoms with Gasteiger partial charge in [-0.25, -0.2) is 9.98 Å². The van der Waals surface area contributed by atoms with Crippen molar-refractivity contribution in [2.45, 2.75) is 52.0 Å². The van der Waals surface area contributed by atoms with E-state index in [9.17, 15) is 0 Å². The summed E-state index contributed by atoms with van der Waals surface area (Å²) < 4.78 is 5.39. The van der Waals surface area contributed by atoms with Crippen LogP contribution in [0.4, 0.5) is 0 Å². The lowest BCUT2D eigenvalue weighted by molar-refractivity contribution is 0.298. The summed E-state index contributed by atoms with van der Waals surface area (Å²) in [5.41, 5.74) is 0.975. The summed E-state index contributed by atoms with van der Waals surface area (Å²) >= 11 is 0. The van der Waals surface area contributed by atoms with Crippen molar-refractivity contribution in [3.05, 3.63) is 29.7 Å². The van der Waals surface area contributed by atoms with Crippen molar-refractivity contribution in [3.63, 3.8) is 0 Å². The van der Waals surface area contributed by atoms with Crippen LogP contribution in [0.1, 0.15) is 62.7 Å². The fourth-order valence-electron chi connectivity index (χ4n) is 3.03. The molecular weight excluding hydrogens is 318 g/mol. The summed E-state index contributed by atoms with van der Waals surface area (Å²) in [4.78, 5) is 11.3. The molecule has 0 aromatic carbocycles. The van der Waals surface area contributed by atoms with Gasteiger partial charge in [0.15, 0.2) is 11.7 Å². The molecule has 0 spiro atoms. The molecule has 0 amide bonds. The lowest BCUT2D eigenvalue weighted by Crippen LogP contribution is -2.45. The maximum absolute atomic E-state index is 5.39. The first kappa shape index (κ1) is 17.4. The molecule has 0 radical (unpaired) electrons. The molecule has 1 aliphatic heterocycles. The summed E-state index contributed by atoms with van der Waals surface area (Å²) in [6.45, 7) is 9.54. The Labute approximate surface area is 148 Å². The van der Waals surface area contributed by atoms with Crippen molar-refractivity contribution < 1.29 is 4.52 Å². The number of aliphatic imine (C=N–C) groups is 1. The zero-order valence-electron chi connectivity index (χ0n) is 15.2. The highest BCUT2D eigenvalue weighted by molar-refractivity contribution is 5.80. The van der Waals surface area contributed by atoms with E-state index >= 15 is 0 Å². The van der Waals surface area contributed by atoms with Crippen LogP contribution in [0.5, 0.6) is 0 Å². The fourth-order valence-corrected chi connectivity index (χ4v) is 3.03. The Kier molecular flexibility index (Phi) is 5.67. The van der Waals surface area contributed by atoms with Gasteiger partial charge in [-0.3, -0.25) is 5.10 Å². The lowest BCUT2D eigenvalue weighted by Gasteiger charge is -2.33. The minimum absolute atomic E-state index is 0.366. The van der Waals surface area contributed by atoms with E-state index in [0.29, 0.717) is 18.4 Å². The van der Waals surface area contributed by atoms with Gasteiger partial charge in [-0.15, -0.1) is 0 Å². The predicted molar refractivity (Wildman–Crippen MR) is 95.3 cm³/mol. The zero-order chi connectivity index (χ0) is 17.6. The summed E-state index contributed by atoms with van der Waals surface area (Å²) in [5, 5.41) is 14.4. The quantitative estimate of drug-likeness (QED) is 0.637. The van der Waals surface area contributed by atoms with E-state index in [1.165, 1.54) is 0 Å². The summed E-state index contributed by atoms with van der Waals surface area (Å²) in [5.74, 6) is 3.54. The van der Waals surface area contributed by atoms with Gasteiger partial charge < -0.3 is 14.7 Å². The second kappa shape index (κ2) is 8.13. The number of hydrogen-bond donors (Lipinski definition) is 2. The molecule has 0 aliphatic carbocycles. The van der Waals surface area contributed by atoms with Crippen molar-refractivity contribution in [2.75, 3.05) is 19.6 Å². The highest BCUT2D eigenvalue weighted by Gasteiger charge is 2.24. The third-order valence-corrected chi connectivity index (χ3v) is 4.50. The first-order valence-electron chi connectivity index (χ1n) is 9.01. The first-order chi connectivity index (χ1) is 12.2. The van der Waals surface area contributed by atoms with Crippen LogP contribution < -0.4 is 5.32 Å². The SMILES string of the molecule is CCNC(=NCc1cc(C(C)C)no1)N1CCC(c2ncn[nH]2)CC1. The largest absolute Gasteiger partial charge is 0.359 e. The van der Waals surface area contributed by atoms with Crippen molar-refractivity contribution in [1.82, 2.24) is 30.6 Å². The topological polar surface area (TPSA) is 95.2 Å². The molecule has 25 heavy (non-hydrogen) atoms. The van der Waals surface area contributed by atoms with E-state index < -0.39 is 0 Å². The molecule has 1 saturated heterocycles. The highest BCUT2D eigenvalue weighted by Crippen LogP contribution is 2.25. The molecular formula is C17H27N7O. The van der Waals surface area contributed by atoms with Gasteiger partial charge in [0.25, 0.3) is 0 Å². The van der Waals surface area contributed by atoms with E-state index in [4.69, 9.17) is 9.52 Å². The number of likely N-dealkylation sites (tertiary alicyclic amines) is 1. The number of nitrogens with one attached hydrogen (secondary N) is 2. The number of hydrogen-bond acceptors (Lipinski definition) is 5. The maximum atomic E-state index is 5.39. The Bertz CT molecular complexity index is 669. The standard InChI is InChI=1S/C17H27N7O/c1-4-18-17(19-10-14-9-15(12(2)3)23-25-14)24-7-5-13(6-8-24)16-20-11-21-22-16/h9,11-13H,4-8,10H2,1-3H3,(H,18,19)(H,20,21,22). The smallest absolute Gasteiger partial charge is 0.194 e. The number of nitrogens with zero attached hydrogens (tertiary/aromatic N) is 5. The first-order valence-corrected chi connectivity index (χ1v) is 9.01. The molecule has 2 aromatic rings. The van der Waals surface area contributed by atoms with Gasteiger partial charge >= 0.3 is 0 Å². The molecule has 8 heteroatoms. The van der Waals surface area contributed by atoms with E-state index in [1.807, 2.05) is 6.07 Å². The second-order valence-corrected chi connectivity index (χ2v) is 6.67. The second-order valence-electron chi connectivity index (χ2n) is 6.67. The van der Waals surface area contributed by atoms with Crippen LogP contribution >= 0.6 is 0 Å². The Morgan fingerprint density at radius 2 is 2.24 bits per heavy atom. The molecule has 8 nitrogen and oxygen atoms in total. The van der Waals surface area contributed by atoms with Crippen LogP contribution in [0, 0.1) is 0 Å². The van der Waals surface area contributed by atoms with Crippen molar-refractivity contribution in [1.29, 1.82) is 0 Å². The number of H-pyrrole nitrogens is 1. The van der Waals surface area contributed by atoms with Gasteiger partial charge in [0.2, 0.25) is 0 Å². The lowest BCUT2D eigenvalue weighted by atomic mass is 9.96. The number of aromatic amines is 1. The minimum Gasteiger partial charge on any atom is -0.359 e. The molecule has 0 atom stereocenters. The van der Waals surface area contributed by atoms with Crippen LogP contribution in [0.15, 0.2) is 21.9 Å². The van der Waals surface area contributed by atoms with Crippen LogP contribution in [0.3, 0.4) is 0 Å². The highest BCUT2D eigenvalue weighted by atomic mass is 16.5. The molecule has 0 bridgehead atoms. The van der Waals surface area contributed by atoms with Gasteiger partial charge in [-0.05, 0) is 25.7 Å². The fraction of sp³-hybridized carbons (Fsp3) is 0.647. The molecule has 1 aliphatic rings. The summed E-state index contributed by atoms with van der Waals surface area (Å²) in [6, 6.07) is 1.99. The Morgan fingerprint density at radius 3 is 2.84 bits per heavy atom. The summed E-state index contributed by atoms with van der Waals surface area (Å²) in [6.07, 6.45) is 3.66. The zero-order valence-corrected chi connectivity index (χ0v) is 15.2. The van der Waals surface area contributed by atoms with Gasteiger partial charge in [0, 0.05) is 31.6 Å². The van der Waals surface area contributed by atoms with Crippen LogP contribution in [0.2, 0.25) is 0 Å². The van der Waals surface area contributed by atoms with Gasteiger partial charge in [-0.2, -0.15) is 5.10 Å². The molecule has 0 saturated carbocycles. The maximum Gasteiger partial charge on any atom is 0.194 e. The normalized spacial score (nSPS) is 16.6. The van der Waals surface area contributed by atoms with E-state index in [1.54, 1.807) is 6.33 Å². The Hall–Kier alpha value is -2.38. The Balaban J connectivity index is 1.60. The van der Waals surface area contributed by atoms with E-state index in [2.05, 4.69) is 51.3 Å². The van der Waals surface area contributed by atoms with Crippen molar-refractivity contribution in [3.8, 4) is 0 Å². The molecule has 3 rings (SSSR count). The van der Waals surface area contributed by atoms with Gasteiger partial charge in [-0.1, -0.05) is 19.0 Å². The summed E-state index contributed by atoms with van der Waals surface area (Å²) in [7, 11) is 0. The number of guanidine groups is 1. The number of aromatic nitrogens is 4. The predicted octanol–water partition coefficient (Wildman–Crippen LogP) is 2.26. The number of piperidine rings is 1. The minimum atomic E-state index is 0.366. The van der Waals surface area contributed by atoms with E-state index in [-0.39, 0.29) is 0 Å². The molecule has 0 unspecified atom stereocenters. The number of rotatable bonds is 5. The molecule has 2 N–H and O–H groups in total. The molecule has 2 aromatic heterocycles. The third kappa shape index (κ3) is 4.37. The Morgan fingerprint density at radius 1 is 1.44 bits per heavy atom. The molecule has 3 heterocycles. The van der Waals surface area contributed by atoms with Crippen molar-refractivity contribution in [2.24, 2.45) is 4.99 Å². The van der Waals surface area contributed by atoms with Crippen molar-refractivity contribution >= 4 is 5.96 Å². The molecule has 136 valence electrons. The monoisotopic (exact) mass is 345 g/mol. The third-order valence-electron chi connectivity index (χ3n) is 4.50. The van der Waals surface area contributed by atoms with Gasteiger partial charge in [0.1, 0.15) is 18.7 Å². The van der Waals surface area contributed by atoms with Crippen LogP contribution in [-0.2, 0) is 6.54 Å². The average Bonchev–Trinajstić information content (AvgIpc) is 3.30. The average molecular weight is 345 g/mol. The van der Waals surface area contributed by atoms with Gasteiger partial charge in [0.05, 0.1) is 5.69 Å².